The molecule has 0 aliphatic rings. The second-order valence-corrected chi connectivity index (χ2v) is 9.62. The van der Waals surface area contributed by atoms with Crippen molar-refractivity contribution in [2.45, 2.75) is 97.8 Å². The van der Waals surface area contributed by atoms with Gasteiger partial charge in [-0.15, -0.1) is 0 Å². The van der Waals surface area contributed by atoms with Crippen LogP contribution in [0.2, 0.25) is 0 Å². The molecular weight excluding hydrogens is 460 g/mol. The molecule has 0 bridgehead atoms. The number of ether oxygens (including phenoxy) is 3. The topological polar surface area (TPSA) is 44.8 Å². The number of benzene rings is 2. The summed E-state index contributed by atoms with van der Waals surface area (Å²) in [7, 11) is 0. The maximum Gasteiger partial charge on any atom is 0.189 e. The van der Waals surface area contributed by atoms with Gasteiger partial charge in [0.05, 0.1) is 25.4 Å². The predicted octanol–water partition coefficient (Wildman–Crippen LogP) is 9.46. The highest BCUT2D eigenvalue weighted by atomic mass is 16.5. The molecule has 0 aromatic heterocycles. The molecule has 0 radical (unpaired) electrons. The van der Waals surface area contributed by atoms with E-state index in [0.717, 1.165) is 49.2 Å². The largest absolute Gasteiger partial charge is 0.494 e. The summed E-state index contributed by atoms with van der Waals surface area (Å²) in [5.74, 6) is 2.14. The Morgan fingerprint density at radius 1 is 0.649 bits per heavy atom. The Morgan fingerprint density at radius 3 is 1.84 bits per heavy atom. The van der Waals surface area contributed by atoms with Crippen LogP contribution >= 0.6 is 0 Å². The summed E-state index contributed by atoms with van der Waals surface area (Å²) in [5.41, 5.74) is 1.44. The van der Waals surface area contributed by atoms with Crippen molar-refractivity contribution in [3.8, 4) is 17.2 Å². The summed E-state index contributed by atoms with van der Waals surface area (Å²) in [6.45, 7) is 8.60. The number of carbonyl (C=O) groups is 1. The highest BCUT2D eigenvalue weighted by Gasteiger charge is 2.11. The van der Waals surface area contributed by atoms with Gasteiger partial charge in [-0.2, -0.15) is 0 Å². The van der Waals surface area contributed by atoms with Crippen molar-refractivity contribution < 1.29 is 19.0 Å². The first kappa shape index (κ1) is 30.5. The van der Waals surface area contributed by atoms with Crippen LogP contribution in [0, 0.1) is 0 Å². The van der Waals surface area contributed by atoms with Crippen molar-refractivity contribution in [3.63, 3.8) is 0 Å². The van der Waals surface area contributed by atoms with E-state index in [0.29, 0.717) is 31.1 Å². The molecule has 0 heterocycles. The number of hydrogen-bond acceptors (Lipinski definition) is 4. The van der Waals surface area contributed by atoms with E-state index >= 15 is 0 Å². The second-order valence-electron chi connectivity index (χ2n) is 9.62. The molecule has 2 rings (SSSR count). The smallest absolute Gasteiger partial charge is 0.189 e. The van der Waals surface area contributed by atoms with Crippen LogP contribution < -0.4 is 14.2 Å². The molecule has 2 aromatic rings. The van der Waals surface area contributed by atoms with Crippen LogP contribution in [0.25, 0.3) is 6.08 Å². The number of carbonyl (C=O) groups excluding carboxylic acids is 1. The zero-order valence-electron chi connectivity index (χ0n) is 23.4. The molecule has 0 unspecified atom stereocenters. The zero-order chi connectivity index (χ0) is 26.6. The van der Waals surface area contributed by atoms with Crippen LogP contribution in [0.4, 0.5) is 0 Å². The number of allylic oxidation sites excluding steroid dienone is 1. The van der Waals surface area contributed by atoms with Gasteiger partial charge in [0.25, 0.3) is 0 Å². The normalized spacial score (nSPS) is 11.1. The first-order valence-electron chi connectivity index (χ1n) is 14.5. The minimum Gasteiger partial charge on any atom is -0.494 e. The Morgan fingerprint density at radius 2 is 1.22 bits per heavy atom. The van der Waals surface area contributed by atoms with E-state index in [1.54, 1.807) is 6.08 Å². The third-order valence-corrected chi connectivity index (χ3v) is 6.33. The highest BCUT2D eigenvalue weighted by molar-refractivity contribution is 6.08. The molecule has 0 aliphatic carbocycles. The molecule has 204 valence electrons. The van der Waals surface area contributed by atoms with Crippen molar-refractivity contribution in [2.75, 3.05) is 19.8 Å². The number of unbranched alkanes of at least 4 members (excludes halogenated alkanes) is 9. The van der Waals surface area contributed by atoms with Crippen molar-refractivity contribution in [2.24, 2.45) is 0 Å². The van der Waals surface area contributed by atoms with Crippen LogP contribution in [-0.2, 0) is 0 Å². The fourth-order valence-corrected chi connectivity index (χ4v) is 4.07. The molecule has 4 nitrogen and oxygen atoms in total. The van der Waals surface area contributed by atoms with Gasteiger partial charge in [0, 0.05) is 5.56 Å². The summed E-state index contributed by atoms with van der Waals surface area (Å²) >= 11 is 0. The van der Waals surface area contributed by atoms with Crippen molar-refractivity contribution in [1.29, 1.82) is 0 Å². The van der Waals surface area contributed by atoms with Crippen LogP contribution in [0.3, 0.4) is 0 Å². The molecule has 0 amide bonds. The van der Waals surface area contributed by atoms with Gasteiger partial charge in [-0.3, -0.25) is 4.79 Å². The Labute approximate surface area is 225 Å². The van der Waals surface area contributed by atoms with Crippen LogP contribution in [0.15, 0.2) is 48.5 Å². The van der Waals surface area contributed by atoms with Gasteiger partial charge in [-0.25, -0.2) is 0 Å². The number of rotatable bonds is 21. The van der Waals surface area contributed by atoms with Crippen molar-refractivity contribution in [1.82, 2.24) is 0 Å². The van der Waals surface area contributed by atoms with Gasteiger partial charge in [-0.1, -0.05) is 90.7 Å². The van der Waals surface area contributed by atoms with Crippen molar-refractivity contribution in [3.05, 3.63) is 59.7 Å². The first-order valence-corrected chi connectivity index (χ1v) is 14.5. The molecule has 4 heteroatoms. The summed E-state index contributed by atoms with van der Waals surface area (Å²) < 4.78 is 18.1. The standard InChI is InChI=1S/C33H48O4/c1-4-7-10-15-24-35-29-21-23-32(36-25-16-11-8-5-2)28(27-29)20-22-31(34)30-18-13-14-19-33(30)37-26-17-12-9-6-3/h13-14,18-23,27H,4-12,15-17,24-26H2,1-3H3/b22-20+. The lowest BCUT2D eigenvalue weighted by Crippen LogP contribution is -2.04. The molecule has 0 saturated carbocycles. The summed E-state index contributed by atoms with van der Waals surface area (Å²) in [4.78, 5) is 13.1. The summed E-state index contributed by atoms with van der Waals surface area (Å²) in [5, 5.41) is 0. The molecule has 0 saturated heterocycles. The van der Waals surface area contributed by atoms with E-state index in [1.807, 2.05) is 48.5 Å². The Bertz CT molecular complexity index is 918. The molecule has 0 aliphatic heterocycles. The fraction of sp³-hybridized carbons (Fsp3) is 0.545. The van der Waals surface area contributed by atoms with Gasteiger partial charge in [0.2, 0.25) is 0 Å². The fourth-order valence-electron chi connectivity index (χ4n) is 4.07. The predicted molar refractivity (Wildman–Crippen MR) is 155 cm³/mol. The van der Waals surface area contributed by atoms with E-state index in [9.17, 15) is 4.79 Å². The summed E-state index contributed by atoms with van der Waals surface area (Å²) in [6, 6.07) is 13.4. The Kier molecular flexibility index (Phi) is 16.0. The van der Waals surface area contributed by atoms with Crippen molar-refractivity contribution >= 4 is 11.9 Å². The quantitative estimate of drug-likeness (QED) is 0.0957. The first-order chi connectivity index (χ1) is 18.2. The lowest BCUT2D eigenvalue weighted by atomic mass is 10.1. The molecule has 0 fully saturated rings. The summed E-state index contributed by atoms with van der Waals surface area (Å²) in [6.07, 6.45) is 17.2. The monoisotopic (exact) mass is 508 g/mol. The van der Waals surface area contributed by atoms with E-state index in [4.69, 9.17) is 14.2 Å². The molecule has 0 N–H and O–H groups in total. The molecule has 0 spiro atoms. The van der Waals surface area contributed by atoms with Gasteiger partial charge < -0.3 is 14.2 Å². The minimum absolute atomic E-state index is 0.0797. The zero-order valence-corrected chi connectivity index (χ0v) is 23.4. The Balaban J connectivity index is 2.09. The number of hydrogen-bond donors (Lipinski definition) is 0. The van der Waals surface area contributed by atoms with E-state index in [1.165, 1.54) is 44.9 Å². The maximum atomic E-state index is 13.1. The third kappa shape index (κ3) is 12.4. The average Bonchev–Trinajstić information content (AvgIpc) is 2.92. The lowest BCUT2D eigenvalue weighted by Gasteiger charge is -2.12. The van der Waals surface area contributed by atoms with E-state index in [-0.39, 0.29) is 5.78 Å². The number of ketones is 1. The highest BCUT2D eigenvalue weighted by Crippen LogP contribution is 2.27. The molecule has 2 aromatic carbocycles. The Hall–Kier alpha value is -2.75. The van der Waals surface area contributed by atoms with Crippen LogP contribution in [0.1, 0.15) is 114 Å². The van der Waals surface area contributed by atoms with Crippen LogP contribution in [0.5, 0.6) is 17.2 Å². The average molecular weight is 509 g/mol. The maximum absolute atomic E-state index is 13.1. The molecular formula is C33H48O4. The van der Waals surface area contributed by atoms with Gasteiger partial charge >= 0.3 is 0 Å². The number of para-hydroxylation sites is 1. The van der Waals surface area contributed by atoms with Gasteiger partial charge in [0.1, 0.15) is 17.2 Å². The van der Waals surface area contributed by atoms with E-state index in [2.05, 4.69) is 20.8 Å². The van der Waals surface area contributed by atoms with Crippen LogP contribution in [-0.4, -0.2) is 25.6 Å². The van der Waals surface area contributed by atoms with Gasteiger partial charge in [-0.05, 0) is 61.7 Å². The molecule has 0 atom stereocenters. The van der Waals surface area contributed by atoms with E-state index < -0.39 is 0 Å². The third-order valence-electron chi connectivity index (χ3n) is 6.33. The second kappa shape index (κ2) is 19.4. The lowest BCUT2D eigenvalue weighted by molar-refractivity contribution is 0.104. The molecule has 37 heavy (non-hydrogen) atoms. The SMILES string of the molecule is CCCCCCOc1ccc(OCCCCCC)c(/C=C/C(=O)c2ccccc2OCCCCCC)c1. The minimum atomic E-state index is -0.0797. The van der Waals surface area contributed by atoms with Gasteiger partial charge in [0.15, 0.2) is 5.78 Å².